The molecule has 1 aliphatic heterocycles. The molecule has 0 saturated heterocycles. The van der Waals surface area contributed by atoms with Gasteiger partial charge in [-0.2, -0.15) is 4.98 Å². The molecule has 0 aliphatic carbocycles. The predicted molar refractivity (Wildman–Crippen MR) is 125 cm³/mol. The first-order chi connectivity index (χ1) is 15.5. The normalized spacial score (nSPS) is 15.2. The third-order valence-electron chi connectivity index (χ3n) is 5.08. The highest BCUT2D eigenvalue weighted by Gasteiger charge is 2.36. The van der Waals surface area contributed by atoms with Crippen LogP contribution in [0.3, 0.4) is 0 Å². The largest absolute Gasteiger partial charge is 0.496 e. The summed E-state index contributed by atoms with van der Waals surface area (Å²) < 4.78 is 12.7. The second kappa shape index (κ2) is 9.67. The van der Waals surface area contributed by atoms with Crippen molar-refractivity contribution in [1.82, 2.24) is 14.8 Å². The number of fused-ring (bicyclic) bond motifs is 1. The number of anilines is 1. The number of hydrogen-bond donors (Lipinski definition) is 1. The molecule has 0 spiro atoms. The molecule has 3 aromatic rings. The Balaban J connectivity index is 1.74. The SMILES string of the molecule is CCOC(=O)C1=C(C)Nc2nc(SCc3ccccc3Cl)nn2C1c1ccccc1OC. The summed E-state index contributed by atoms with van der Waals surface area (Å²) in [6.07, 6.45) is 0. The Bertz CT molecular complexity index is 1180. The highest BCUT2D eigenvalue weighted by molar-refractivity contribution is 7.98. The minimum Gasteiger partial charge on any atom is -0.496 e. The summed E-state index contributed by atoms with van der Waals surface area (Å²) in [4.78, 5) is 17.6. The van der Waals surface area contributed by atoms with E-state index < -0.39 is 12.0 Å². The van der Waals surface area contributed by atoms with E-state index in [1.807, 2.05) is 55.5 Å². The lowest BCUT2D eigenvalue weighted by Crippen LogP contribution is -2.30. The first-order valence-corrected chi connectivity index (χ1v) is 11.5. The van der Waals surface area contributed by atoms with Gasteiger partial charge < -0.3 is 14.8 Å². The van der Waals surface area contributed by atoms with Crippen molar-refractivity contribution in [2.75, 3.05) is 19.0 Å². The van der Waals surface area contributed by atoms with E-state index in [1.165, 1.54) is 11.8 Å². The van der Waals surface area contributed by atoms with Crippen molar-refractivity contribution in [3.8, 4) is 5.75 Å². The molecule has 0 fully saturated rings. The van der Waals surface area contributed by atoms with Crippen molar-refractivity contribution in [1.29, 1.82) is 0 Å². The lowest BCUT2D eigenvalue weighted by Gasteiger charge is -2.28. The fourth-order valence-electron chi connectivity index (χ4n) is 3.60. The highest BCUT2D eigenvalue weighted by atomic mass is 35.5. The van der Waals surface area contributed by atoms with Gasteiger partial charge in [-0.1, -0.05) is 59.8 Å². The van der Waals surface area contributed by atoms with Gasteiger partial charge in [0.1, 0.15) is 11.8 Å². The van der Waals surface area contributed by atoms with E-state index in [9.17, 15) is 4.79 Å². The maximum Gasteiger partial charge on any atom is 0.338 e. The molecule has 4 rings (SSSR count). The van der Waals surface area contributed by atoms with Crippen molar-refractivity contribution in [3.05, 3.63) is 76.0 Å². The number of hydrogen-bond acceptors (Lipinski definition) is 7. The number of methoxy groups -OCH3 is 1. The van der Waals surface area contributed by atoms with Crippen LogP contribution >= 0.6 is 23.4 Å². The number of aromatic nitrogens is 3. The topological polar surface area (TPSA) is 78.3 Å². The number of carbonyl (C=O) groups excluding carboxylic acids is 1. The number of allylic oxidation sites excluding steroid dienone is 1. The average molecular weight is 471 g/mol. The maximum absolute atomic E-state index is 12.9. The van der Waals surface area contributed by atoms with E-state index in [2.05, 4.69) is 10.3 Å². The van der Waals surface area contributed by atoms with E-state index >= 15 is 0 Å². The van der Waals surface area contributed by atoms with E-state index in [0.717, 1.165) is 11.1 Å². The summed E-state index contributed by atoms with van der Waals surface area (Å²) in [6.45, 7) is 3.90. The number of nitrogens with one attached hydrogen (secondary N) is 1. The number of halogens is 1. The van der Waals surface area contributed by atoms with Gasteiger partial charge in [0, 0.05) is 22.0 Å². The monoisotopic (exact) mass is 470 g/mol. The highest BCUT2D eigenvalue weighted by Crippen LogP contribution is 2.40. The first-order valence-electron chi connectivity index (χ1n) is 10.1. The van der Waals surface area contributed by atoms with Gasteiger partial charge in [0.2, 0.25) is 11.1 Å². The molecular weight excluding hydrogens is 448 g/mol. The second-order valence-corrected chi connectivity index (χ2v) is 8.42. The summed E-state index contributed by atoms with van der Waals surface area (Å²) >= 11 is 7.76. The van der Waals surface area contributed by atoms with E-state index in [-0.39, 0.29) is 6.61 Å². The summed E-state index contributed by atoms with van der Waals surface area (Å²) in [6, 6.07) is 14.7. The van der Waals surface area contributed by atoms with Gasteiger partial charge in [0.25, 0.3) is 0 Å². The molecule has 2 heterocycles. The molecule has 1 atom stereocenters. The minimum absolute atomic E-state index is 0.275. The van der Waals surface area contributed by atoms with E-state index in [0.29, 0.717) is 38.9 Å². The number of para-hydroxylation sites is 1. The molecule has 166 valence electrons. The van der Waals surface area contributed by atoms with Crippen LogP contribution in [0.15, 0.2) is 65.0 Å². The number of carbonyl (C=O) groups is 1. The number of thioether (sulfide) groups is 1. The van der Waals surface area contributed by atoms with Gasteiger partial charge >= 0.3 is 5.97 Å². The summed E-state index contributed by atoms with van der Waals surface area (Å²) in [5, 5.41) is 9.20. The third-order valence-corrected chi connectivity index (χ3v) is 6.33. The smallest absolute Gasteiger partial charge is 0.338 e. The van der Waals surface area contributed by atoms with Crippen LogP contribution in [0, 0.1) is 0 Å². The molecule has 1 aromatic heterocycles. The third kappa shape index (κ3) is 4.33. The molecular formula is C23H23ClN4O3S. The Morgan fingerprint density at radius 2 is 1.97 bits per heavy atom. The van der Waals surface area contributed by atoms with Gasteiger partial charge in [-0.3, -0.25) is 0 Å². The first kappa shape index (κ1) is 22.2. The van der Waals surface area contributed by atoms with Crippen LogP contribution < -0.4 is 10.1 Å². The number of ether oxygens (including phenoxy) is 2. The molecule has 0 amide bonds. The van der Waals surface area contributed by atoms with Crippen molar-refractivity contribution < 1.29 is 14.3 Å². The molecule has 0 radical (unpaired) electrons. The summed E-state index contributed by atoms with van der Waals surface area (Å²) in [7, 11) is 1.60. The van der Waals surface area contributed by atoms with Crippen LogP contribution in [0.2, 0.25) is 5.02 Å². The van der Waals surface area contributed by atoms with Gasteiger partial charge in [-0.25, -0.2) is 9.48 Å². The lowest BCUT2D eigenvalue weighted by atomic mass is 9.95. The number of benzene rings is 2. The molecule has 1 aliphatic rings. The zero-order valence-corrected chi connectivity index (χ0v) is 19.5. The van der Waals surface area contributed by atoms with Crippen molar-refractivity contribution in [2.24, 2.45) is 0 Å². The van der Waals surface area contributed by atoms with Gasteiger partial charge in [-0.15, -0.1) is 5.10 Å². The predicted octanol–water partition coefficient (Wildman–Crippen LogP) is 5.08. The van der Waals surface area contributed by atoms with Crippen LogP contribution in [0.4, 0.5) is 5.95 Å². The molecule has 0 saturated carbocycles. The lowest BCUT2D eigenvalue weighted by molar-refractivity contribution is -0.139. The van der Waals surface area contributed by atoms with Crippen LogP contribution in [0.1, 0.15) is 31.0 Å². The Morgan fingerprint density at radius 1 is 1.22 bits per heavy atom. The van der Waals surface area contributed by atoms with Gasteiger partial charge in [0.15, 0.2) is 0 Å². The van der Waals surface area contributed by atoms with Crippen LogP contribution in [0.5, 0.6) is 5.75 Å². The Hall–Kier alpha value is -2.97. The van der Waals surface area contributed by atoms with E-state index in [4.69, 9.17) is 26.2 Å². The second-order valence-electron chi connectivity index (χ2n) is 7.07. The zero-order chi connectivity index (χ0) is 22.7. The molecule has 32 heavy (non-hydrogen) atoms. The number of nitrogens with zero attached hydrogens (tertiary/aromatic N) is 3. The fraction of sp³-hybridized carbons (Fsp3) is 0.261. The molecule has 9 heteroatoms. The van der Waals surface area contributed by atoms with E-state index in [1.54, 1.807) is 18.7 Å². The van der Waals surface area contributed by atoms with Crippen LogP contribution in [0.25, 0.3) is 0 Å². The summed E-state index contributed by atoms with van der Waals surface area (Å²) in [5.74, 6) is 1.42. The molecule has 1 N–H and O–H groups in total. The van der Waals surface area contributed by atoms with Crippen molar-refractivity contribution in [3.63, 3.8) is 0 Å². The number of rotatable bonds is 7. The van der Waals surface area contributed by atoms with Gasteiger partial charge in [0.05, 0.1) is 19.3 Å². The van der Waals surface area contributed by atoms with Crippen molar-refractivity contribution >= 4 is 35.3 Å². The maximum atomic E-state index is 12.9. The van der Waals surface area contributed by atoms with Gasteiger partial charge in [-0.05, 0) is 31.5 Å². The fourth-order valence-corrected chi connectivity index (χ4v) is 4.72. The van der Waals surface area contributed by atoms with Crippen molar-refractivity contribution in [2.45, 2.75) is 30.8 Å². The van der Waals surface area contributed by atoms with Crippen LogP contribution in [-0.2, 0) is 15.3 Å². The quantitative estimate of drug-likeness (QED) is 0.381. The van der Waals surface area contributed by atoms with Crippen LogP contribution in [-0.4, -0.2) is 34.5 Å². The molecule has 1 unspecified atom stereocenters. The Morgan fingerprint density at radius 3 is 2.72 bits per heavy atom. The Kier molecular flexibility index (Phi) is 6.72. The molecule has 7 nitrogen and oxygen atoms in total. The molecule has 0 bridgehead atoms. The summed E-state index contributed by atoms with van der Waals surface area (Å²) in [5.41, 5.74) is 2.94. The minimum atomic E-state index is -0.538. The zero-order valence-electron chi connectivity index (χ0n) is 18.0. The Labute approximate surface area is 195 Å². The standard InChI is InChI=1S/C23H23ClN4O3S/c1-4-31-21(29)19-14(2)25-22-26-23(32-13-15-9-5-7-11-17(15)24)27-28(22)20(19)16-10-6-8-12-18(16)30-3/h5-12,20H,4,13H2,1-3H3,(H,25,26,27). The number of esters is 1. The average Bonchev–Trinajstić information content (AvgIpc) is 3.20. The molecule has 2 aromatic carbocycles.